The SMILES string of the molecule is CCOc1cc(F)ccc1NS(=O)(=O)c1cn[nH]c1C. The van der Waals surface area contributed by atoms with Gasteiger partial charge in [0.05, 0.1) is 24.2 Å². The van der Waals surface area contributed by atoms with E-state index in [0.717, 1.165) is 12.1 Å². The Hall–Kier alpha value is -2.09. The van der Waals surface area contributed by atoms with Crippen LogP contribution < -0.4 is 9.46 Å². The molecule has 1 aromatic heterocycles. The molecule has 0 fully saturated rings. The predicted octanol–water partition coefficient (Wildman–Crippen LogP) is 2.06. The van der Waals surface area contributed by atoms with Gasteiger partial charge in [0.2, 0.25) is 0 Å². The average molecular weight is 299 g/mol. The Balaban J connectivity index is 2.37. The van der Waals surface area contributed by atoms with E-state index < -0.39 is 15.8 Å². The molecule has 108 valence electrons. The molecule has 8 heteroatoms. The summed E-state index contributed by atoms with van der Waals surface area (Å²) in [5, 5.41) is 6.22. The monoisotopic (exact) mass is 299 g/mol. The number of ether oxygens (including phenoxy) is 1. The lowest BCUT2D eigenvalue weighted by Crippen LogP contribution is -2.14. The second-order valence-corrected chi connectivity index (χ2v) is 5.69. The van der Waals surface area contributed by atoms with E-state index in [1.807, 2.05) is 0 Å². The first-order valence-corrected chi connectivity index (χ1v) is 7.37. The Morgan fingerprint density at radius 2 is 2.20 bits per heavy atom. The molecular formula is C12H14FN3O3S. The molecule has 6 nitrogen and oxygen atoms in total. The van der Waals surface area contributed by atoms with Crippen LogP contribution in [0.1, 0.15) is 12.6 Å². The van der Waals surface area contributed by atoms with Gasteiger partial charge >= 0.3 is 0 Å². The maximum absolute atomic E-state index is 13.2. The number of aromatic nitrogens is 2. The van der Waals surface area contributed by atoms with Crippen LogP contribution in [0.25, 0.3) is 0 Å². The lowest BCUT2D eigenvalue weighted by atomic mass is 10.3. The van der Waals surface area contributed by atoms with Gasteiger partial charge in [-0.15, -0.1) is 0 Å². The Morgan fingerprint density at radius 3 is 2.80 bits per heavy atom. The summed E-state index contributed by atoms with van der Waals surface area (Å²) in [5.41, 5.74) is 0.589. The molecule has 1 aromatic carbocycles. The van der Waals surface area contributed by atoms with Gasteiger partial charge in [-0.1, -0.05) is 0 Å². The van der Waals surface area contributed by atoms with Crippen LogP contribution in [0.4, 0.5) is 10.1 Å². The summed E-state index contributed by atoms with van der Waals surface area (Å²) in [6.45, 7) is 3.61. The van der Waals surface area contributed by atoms with Crippen molar-refractivity contribution in [3.05, 3.63) is 35.9 Å². The molecule has 2 N–H and O–H groups in total. The lowest BCUT2D eigenvalue weighted by Gasteiger charge is -2.12. The van der Waals surface area contributed by atoms with Crippen molar-refractivity contribution in [2.24, 2.45) is 0 Å². The molecule has 0 spiro atoms. The maximum atomic E-state index is 13.2. The molecule has 2 rings (SSSR count). The minimum atomic E-state index is -3.80. The molecular weight excluding hydrogens is 285 g/mol. The van der Waals surface area contributed by atoms with Gasteiger partial charge < -0.3 is 4.74 Å². The number of nitrogens with zero attached hydrogens (tertiary/aromatic N) is 1. The second-order valence-electron chi connectivity index (χ2n) is 4.04. The van der Waals surface area contributed by atoms with E-state index in [2.05, 4.69) is 14.9 Å². The highest BCUT2D eigenvalue weighted by Gasteiger charge is 2.20. The first-order chi connectivity index (χ1) is 9.44. The molecule has 0 aliphatic rings. The summed E-state index contributed by atoms with van der Waals surface area (Å²) < 4.78 is 45.2. The van der Waals surface area contributed by atoms with Crippen LogP contribution in [0.3, 0.4) is 0 Å². The highest BCUT2D eigenvalue weighted by Crippen LogP contribution is 2.28. The number of H-pyrrole nitrogens is 1. The van der Waals surface area contributed by atoms with Crippen molar-refractivity contribution in [3.8, 4) is 5.75 Å². The number of aromatic amines is 1. The Labute approximate surface area is 116 Å². The van der Waals surface area contributed by atoms with Crippen LogP contribution in [0.5, 0.6) is 5.75 Å². The van der Waals surface area contributed by atoms with Gasteiger partial charge in [0, 0.05) is 6.07 Å². The maximum Gasteiger partial charge on any atom is 0.265 e. The van der Waals surface area contributed by atoms with Gasteiger partial charge in [-0.25, -0.2) is 12.8 Å². The number of nitrogens with one attached hydrogen (secondary N) is 2. The molecule has 20 heavy (non-hydrogen) atoms. The molecule has 0 bridgehead atoms. The number of sulfonamides is 1. The fraction of sp³-hybridized carbons (Fsp3) is 0.250. The van der Waals surface area contributed by atoms with Crippen LogP contribution in [0.15, 0.2) is 29.3 Å². The average Bonchev–Trinajstić information content (AvgIpc) is 2.80. The van der Waals surface area contributed by atoms with Gasteiger partial charge in [-0.2, -0.15) is 5.10 Å². The number of rotatable bonds is 5. The fourth-order valence-corrected chi connectivity index (χ4v) is 2.87. The van der Waals surface area contributed by atoms with E-state index >= 15 is 0 Å². The topological polar surface area (TPSA) is 84.1 Å². The van der Waals surface area contributed by atoms with Crippen LogP contribution in [-0.4, -0.2) is 25.2 Å². The van der Waals surface area contributed by atoms with Crippen molar-refractivity contribution in [3.63, 3.8) is 0 Å². The Morgan fingerprint density at radius 1 is 1.45 bits per heavy atom. The van der Waals surface area contributed by atoms with Crippen molar-refractivity contribution < 1.29 is 17.5 Å². The number of hydrogen-bond donors (Lipinski definition) is 2. The van der Waals surface area contributed by atoms with Crippen molar-refractivity contribution in [2.75, 3.05) is 11.3 Å². The number of anilines is 1. The highest BCUT2D eigenvalue weighted by atomic mass is 32.2. The molecule has 0 amide bonds. The van der Waals surface area contributed by atoms with Crippen molar-refractivity contribution in [1.29, 1.82) is 0 Å². The van der Waals surface area contributed by atoms with Crippen LogP contribution >= 0.6 is 0 Å². The van der Waals surface area contributed by atoms with Gasteiger partial charge in [-0.05, 0) is 26.0 Å². The standard InChI is InChI=1S/C12H14FN3O3S/c1-3-19-11-6-9(13)4-5-10(11)16-20(17,18)12-7-14-15-8(12)2/h4-7,16H,3H2,1-2H3,(H,14,15). The molecule has 0 saturated heterocycles. The smallest absolute Gasteiger partial charge is 0.265 e. The van der Waals surface area contributed by atoms with Crippen molar-refractivity contribution in [2.45, 2.75) is 18.7 Å². The molecule has 0 atom stereocenters. The summed E-state index contributed by atoms with van der Waals surface area (Å²) in [4.78, 5) is 0.0317. The van der Waals surface area contributed by atoms with Crippen LogP contribution in [0, 0.1) is 12.7 Å². The Bertz CT molecular complexity index is 712. The van der Waals surface area contributed by atoms with E-state index in [0.29, 0.717) is 12.3 Å². The highest BCUT2D eigenvalue weighted by molar-refractivity contribution is 7.92. The minimum absolute atomic E-state index is 0.0317. The predicted molar refractivity (Wildman–Crippen MR) is 71.7 cm³/mol. The molecule has 0 aliphatic heterocycles. The van der Waals surface area contributed by atoms with Crippen LogP contribution in [-0.2, 0) is 10.0 Å². The first kappa shape index (κ1) is 14.3. The zero-order valence-electron chi connectivity index (χ0n) is 11.0. The first-order valence-electron chi connectivity index (χ1n) is 5.89. The third kappa shape index (κ3) is 2.90. The number of aryl methyl sites for hydroxylation is 1. The van der Waals surface area contributed by atoms with Crippen molar-refractivity contribution in [1.82, 2.24) is 10.2 Å². The molecule has 0 aliphatic carbocycles. The number of halogens is 1. The van der Waals surface area contributed by atoms with E-state index in [4.69, 9.17) is 4.74 Å². The summed E-state index contributed by atoms with van der Waals surface area (Å²) in [7, 11) is -3.80. The van der Waals surface area contributed by atoms with Crippen LogP contribution in [0.2, 0.25) is 0 Å². The molecule has 2 aromatic rings. The summed E-state index contributed by atoms with van der Waals surface area (Å²) in [5.74, 6) is -0.367. The van der Waals surface area contributed by atoms with Crippen molar-refractivity contribution >= 4 is 15.7 Å². The van der Waals surface area contributed by atoms with Gasteiger partial charge in [0.1, 0.15) is 16.5 Å². The quantitative estimate of drug-likeness (QED) is 0.885. The van der Waals surface area contributed by atoms with E-state index in [9.17, 15) is 12.8 Å². The zero-order valence-corrected chi connectivity index (χ0v) is 11.8. The summed E-state index contributed by atoms with van der Waals surface area (Å²) in [6, 6.07) is 3.60. The van der Waals surface area contributed by atoms with E-state index in [1.54, 1.807) is 13.8 Å². The third-order valence-corrected chi connectivity index (χ3v) is 4.04. The molecule has 0 saturated carbocycles. The third-order valence-electron chi connectivity index (χ3n) is 2.56. The minimum Gasteiger partial charge on any atom is -0.492 e. The summed E-state index contributed by atoms with van der Waals surface area (Å²) >= 11 is 0. The lowest BCUT2D eigenvalue weighted by molar-refractivity contribution is 0.340. The fourth-order valence-electron chi connectivity index (χ4n) is 1.67. The van der Waals surface area contributed by atoms with E-state index in [1.165, 1.54) is 12.3 Å². The number of hydrogen-bond acceptors (Lipinski definition) is 4. The normalized spacial score (nSPS) is 11.3. The zero-order chi connectivity index (χ0) is 14.8. The second kappa shape index (κ2) is 5.49. The number of benzene rings is 1. The summed E-state index contributed by atoms with van der Waals surface area (Å²) in [6.07, 6.45) is 1.21. The van der Waals surface area contributed by atoms with Gasteiger partial charge in [0.25, 0.3) is 10.0 Å². The largest absolute Gasteiger partial charge is 0.492 e. The molecule has 1 heterocycles. The molecule has 0 unspecified atom stereocenters. The van der Waals surface area contributed by atoms with Gasteiger partial charge in [-0.3, -0.25) is 9.82 Å². The van der Waals surface area contributed by atoms with E-state index in [-0.39, 0.29) is 16.3 Å². The Kier molecular flexibility index (Phi) is 3.93. The molecule has 0 radical (unpaired) electrons. The van der Waals surface area contributed by atoms with Gasteiger partial charge in [0.15, 0.2) is 0 Å².